The zero-order valence-electron chi connectivity index (χ0n) is 9.81. The van der Waals surface area contributed by atoms with Crippen molar-refractivity contribution >= 4 is 11.4 Å². The normalized spacial score (nSPS) is 10.2. The van der Waals surface area contributed by atoms with E-state index in [-0.39, 0.29) is 23.5 Å². The fourth-order valence-electron chi connectivity index (χ4n) is 1.70. The molecule has 19 heavy (non-hydrogen) atoms. The molecule has 0 spiro atoms. The van der Waals surface area contributed by atoms with Crippen LogP contribution < -0.4 is 16.8 Å². The standard InChI is InChI=1S/C11H11N5O3/c12-14-11-8(3-1-4-9(11)16(18)19)7-15-10(17)5-2-6-13-15/h1-6,14H,7,12H2. The number of nitrogens with zero attached hydrogens (tertiary/aromatic N) is 3. The predicted octanol–water partition coefficient (Wildman–Crippen LogP) is 0.485. The summed E-state index contributed by atoms with van der Waals surface area (Å²) >= 11 is 0. The Hall–Kier alpha value is -2.74. The highest BCUT2D eigenvalue weighted by Crippen LogP contribution is 2.27. The van der Waals surface area contributed by atoms with Crippen molar-refractivity contribution < 1.29 is 4.92 Å². The monoisotopic (exact) mass is 261 g/mol. The summed E-state index contributed by atoms with van der Waals surface area (Å²) in [7, 11) is 0. The van der Waals surface area contributed by atoms with E-state index in [1.807, 2.05) is 0 Å². The molecule has 8 heteroatoms. The van der Waals surface area contributed by atoms with Crippen molar-refractivity contribution in [3.8, 4) is 0 Å². The molecule has 0 aliphatic carbocycles. The lowest BCUT2D eigenvalue weighted by molar-refractivity contribution is -0.384. The maximum Gasteiger partial charge on any atom is 0.293 e. The largest absolute Gasteiger partial charge is 0.318 e. The first-order valence-electron chi connectivity index (χ1n) is 5.38. The van der Waals surface area contributed by atoms with Gasteiger partial charge in [-0.2, -0.15) is 5.10 Å². The number of nitrogen functional groups attached to an aromatic ring is 1. The van der Waals surface area contributed by atoms with Crippen LogP contribution in [0.5, 0.6) is 0 Å². The van der Waals surface area contributed by atoms with Crippen LogP contribution in [0, 0.1) is 10.1 Å². The molecule has 0 unspecified atom stereocenters. The number of hydrogen-bond acceptors (Lipinski definition) is 6. The first kappa shape index (κ1) is 12.7. The van der Waals surface area contributed by atoms with E-state index in [1.165, 1.54) is 35.1 Å². The van der Waals surface area contributed by atoms with Gasteiger partial charge in [0.05, 0.1) is 11.5 Å². The van der Waals surface area contributed by atoms with Crippen molar-refractivity contribution in [2.45, 2.75) is 6.54 Å². The van der Waals surface area contributed by atoms with E-state index in [2.05, 4.69) is 10.5 Å². The Morgan fingerprint density at radius 1 is 1.37 bits per heavy atom. The summed E-state index contributed by atoms with van der Waals surface area (Å²) < 4.78 is 1.19. The summed E-state index contributed by atoms with van der Waals surface area (Å²) in [6, 6.07) is 7.39. The van der Waals surface area contributed by atoms with Crippen LogP contribution in [-0.2, 0) is 6.54 Å². The number of nitro benzene ring substituents is 1. The summed E-state index contributed by atoms with van der Waals surface area (Å²) in [5, 5.41) is 14.8. The number of nitrogens with one attached hydrogen (secondary N) is 1. The zero-order valence-corrected chi connectivity index (χ0v) is 9.81. The fourth-order valence-corrected chi connectivity index (χ4v) is 1.70. The molecule has 8 nitrogen and oxygen atoms in total. The van der Waals surface area contributed by atoms with Crippen LogP contribution in [0.25, 0.3) is 0 Å². The number of para-hydroxylation sites is 1. The van der Waals surface area contributed by atoms with Crippen molar-refractivity contribution in [3.05, 3.63) is 62.6 Å². The molecule has 3 N–H and O–H groups in total. The van der Waals surface area contributed by atoms with Crippen LogP contribution in [0.2, 0.25) is 0 Å². The maximum atomic E-state index is 11.6. The summed E-state index contributed by atoms with van der Waals surface area (Å²) in [5.41, 5.74) is 2.54. The third-order valence-corrected chi connectivity index (χ3v) is 2.58. The van der Waals surface area contributed by atoms with Crippen molar-refractivity contribution in [2.24, 2.45) is 5.84 Å². The topological polar surface area (TPSA) is 116 Å². The van der Waals surface area contributed by atoms with E-state index in [0.29, 0.717) is 5.56 Å². The van der Waals surface area contributed by atoms with Gasteiger partial charge >= 0.3 is 0 Å². The number of rotatable bonds is 4. The molecular weight excluding hydrogens is 250 g/mol. The molecule has 0 aliphatic heterocycles. The van der Waals surface area contributed by atoms with Gasteiger partial charge in [-0.3, -0.25) is 20.8 Å². The van der Waals surface area contributed by atoms with Crippen molar-refractivity contribution in [2.75, 3.05) is 5.43 Å². The van der Waals surface area contributed by atoms with E-state index in [9.17, 15) is 14.9 Å². The molecule has 0 amide bonds. The van der Waals surface area contributed by atoms with Gasteiger partial charge < -0.3 is 5.43 Å². The highest BCUT2D eigenvalue weighted by molar-refractivity contribution is 5.65. The van der Waals surface area contributed by atoms with Gasteiger partial charge in [0.2, 0.25) is 0 Å². The Morgan fingerprint density at radius 3 is 2.79 bits per heavy atom. The maximum absolute atomic E-state index is 11.6. The highest BCUT2D eigenvalue weighted by Gasteiger charge is 2.16. The second-order valence-electron chi connectivity index (χ2n) is 3.73. The molecule has 2 aromatic rings. The molecule has 0 fully saturated rings. The van der Waals surface area contributed by atoms with Gasteiger partial charge in [0.15, 0.2) is 0 Å². The van der Waals surface area contributed by atoms with Gasteiger partial charge in [-0.05, 0) is 6.07 Å². The highest BCUT2D eigenvalue weighted by atomic mass is 16.6. The Kier molecular flexibility index (Phi) is 3.53. The van der Waals surface area contributed by atoms with Crippen LogP contribution in [-0.4, -0.2) is 14.7 Å². The van der Waals surface area contributed by atoms with Crippen LogP contribution in [0.3, 0.4) is 0 Å². The molecule has 2 rings (SSSR count). The minimum Gasteiger partial charge on any atom is -0.318 e. The van der Waals surface area contributed by atoms with Crippen molar-refractivity contribution in [1.29, 1.82) is 0 Å². The van der Waals surface area contributed by atoms with Crippen LogP contribution >= 0.6 is 0 Å². The average Bonchev–Trinajstić information content (AvgIpc) is 2.41. The number of aromatic nitrogens is 2. The van der Waals surface area contributed by atoms with E-state index < -0.39 is 4.92 Å². The SMILES string of the molecule is NNc1c(Cn2ncccc2=O)cccc1[N+](=O)[O-]. The van der Waals surface area contributed by atoms with Crippen LogP contribution in [0.15, 0.2) is 41.3 Å². The van der Waals surface area contributed by atoms with Gasteiger partial charge in [0, 0.05) is 23.9 Å². The van der Waals surface area contributed by atoms with Gasteiger partial charge in [-0.25, -0.2) is 4.68 Å². The van der Waals surface area contributed by atoms with Crippen LogP contribution in [0.4, 0.5) is 11.4 Å². The molecule has 0 atom stereocenters. The summed E-state index contributed by atoms with van der Waals surface area (Å²) in [6.07, 6.45) is 1.47. The Morgan fingerprint density at radius 2 is 2.16 bits per heavy atom. The molecule has 0 aliphatic rings. The zero-order chi connectivity index (χ0) is 13.8. The quantitative estimate of drug-likeness (QED) is 0.470. The minimum atomic E-state index is -0.542. The fraction of sp³-hybridized carbons (Fsp3) is 0.0909. The molecule has 1 aromatic heterocycles. The molecule has 1 aromatic carbocycles. The minimum absolute atomic E-state index is 0.0981. The predicted molar refractivity (Wildman–Crippen MR) is 68.5 cm³/mol. The molecule has 0 radical (unpaired) electrons. The molecule has 0 saturated heterocycles. The lowest BCUT2D eigenvalue weighted by Gasteiger charge is -2.09. The third kappa shape index (κ3) is 2.58. The van der Waals surface area contributed by atoms with E-state index >= 15 is 0 Å². The molecular formula is C11H11N5O3. The Labute approximate surface area is 107 Å². The number of nitrogens with two attached hydrogens (primary N) is 1. The first-order chi connectivity index (χ1) is 9.13. The van der Waals surface area contributed by atoms with Gasteiger partial charge in [0.25, 0.3) is 11.2 Å². The van der Waals surface area contributed by atoms with Crippen molar-refractivity contribution in [1.82, 2.24) is 9.78 Å². The van der Waals surface area contributed by atoms with Gasteiger partial charge in [-0.15, -0.1) is 0 Å². The first-order valence-corrected chi connectivity index (χ1v) is 5.38. The molecule has 98 valence electrons. The molecule has 0 bridgehead atoms. The van der Waals surface area contributed by atoms with Gasteiger partial charge in [0.1, 0.15) is 5.69 Å². The number of hydrazine groups is 1. The van der Waals surface area contributed by atoms with Crippen LogP contribution in [0.1, 0.15) is 5.56 Å². The summed E-state index contributed by atoms with van der Waals surface area (Å²) in [6.45, 7) is 0.0981. The summed E-state index contributed by atoms with van der Waals surface area (Å²) in [4.78, 5) is 21.9. The number of hydrogen-bond donors (Lipinski definition) is 2. The lowest BCUT2D eigenvalue weighted by atomic mass is 10.1. The van der Waals surface area contributed by atoms with E-state index in [0.717, 1.165) is 0 Å². The average molecular weight is 261 g/mol. The summed E-state index contributed by atoms with van der Waals surface area (Å²) in [5.74, 6) is 5.32. The third-order valence-electron chi connectivity index (χ3n) is 2.58. The van der Waals surface area contributed by atoms with Crippen molar-refractivity contribution in [3.63, 3.8) is 0 Å². The second kappa shape index (κ2) is 5.27. The number of nitro groups is 1. The van der Waals surface area contributed by atoms with E-state index in [1.54, 1.807) is 6.07 Å². The Bertz CT molecular complexity index is 667. The molecule has 1 heterocycles. The lowest BCUT2D eigenvalue weighted by Crippen LogP contribution is -2.23. The number of benzene rings is 1. The Balaban J connectivity index is 2.46. The smallest absolute Gasteiger partial charge is 0.293 e. The second-order valence-corrected chi connectivity index (χ2v) is 3.73. The number of anilines is 1. The van der Waals surface area contributed by atoms with Gasteiger partial charge in [-0.1, -0.05) is 12.1 Å². The molecule has 0 saturated carbocycles. The van der Waals surface area contributed by atoms with E-state index in [4.69, 9.17) is 5.84 Å².